The quantitative estimate of drug-likeness (QED) is 0.887. The highest BCUT2D eigenvalue weighted by atomic mass is 32.1. The molecule has 1 atom stereocenters. The Morgan fingerprint density at radius 1 is 1.38 bits per heavy atom. The van der Waals surface area contributed by atoms with Crippen LogP contribution in [0.3, 0.4) is 0 Å². The molecule has 1 amide bonds. The minimum absolute atomic E-state index is 0.0851. The van der Waals surface area contributed by atoms with Crippen LogP contribution in [0.2, 0.25) is 0 Å². The topological polar surface area (TPSA) is 67.0 Å². The van der Waals surface area contributed by atoms with Gasteiger partial charge in [-0.05, 0) is 37.1 Å². The van der Waals surface area contributed by atoms with E-state index in [1.807, 2.05) is 16.8 Å². The van der Waals surface area contributed by atoms with Crippen LogP contribution in [-0.2, 0) is 4.74 Å². The predicted molar refractivity (Wildman–Crippen MR) is 94.2 cm³/mol. The van der Waals surface area contributed by atoms with Crippen LogP contribution in [0.4, 0.5) is 0 Å². The van der Waals surface area contributed by atoms with E-state index >= 15 is 0 Å². The number of aromatic amines is 1. The Balaban J connectivity index is 1.35. The highest BCUT2D eigenvalue weighted by Gasteiger charge is 2.40. The number of hydrogen-bond acceptors (Lipinski definition) is 4. The number of carbonyl (C=O) groups is 1. The van der Waals surface area contributed by atoms with Crippen molar-refractivity contribution in [1.82, 2.24) is 15.5 Å². The number of carbonyl (C=O) groups excluding carboxylic acids is 1. The van der Waals surface area contributed by atoms with Crippen molar-refractivity contribution in [3.8, 4) is 11.3 Å². The molecule has 1 unspecified atom stereocenters. The summed E-state index contributed by atoms with van der Waals surface area (Å²) in [6.07, 6.45) is 10.2. The molecule has 24 heavy (non-hydrogen) atoms. The predicted octanol–water partition coefficient (Wildman–Crippen LogP) is 3.75. The molecule has 0 radical (unpaired) electrons. The number of nitrogens with one attached hydrogen (secondary N) is 2. The molecular weight excluding hydrogens is 322 g/mol. The van der Waals surface area contributed by atoms with Crippen LogP contribution in [0.15, 0.2) is 23.0 Å². The van der Waals surface area contributed by atoms with Crippen LogP contribution in [-0.4, -0.2) is 34.4 Å². The van der Waals surface area contributed by atoms with E-state index in [-0.39, 0.29) is 17.6 Å². The van der Waals surface area contributed by atoms with Crippen molar-refractivity contribution in [2.24, 2.45) is 0 Å². The molecule has 1 aliphatic carbocycles. The van der Waals surface area contributed by atoms with E-state index in [9.17, 15) is 4.79 Å². The molecule has 3 heterocycles. The first-order valence-electron chi connectivity index (χ1n) is 8.78. The van der Waals surface area contributed by atoms with E-state index in [1.54, 1.807) is 17.5 Å². The second-order valence-electron chi connectivity index (χ2n) is 6.90. The first-order chi connectivity index (χ1) is 11.8. The molecule has 0 aromatic carbocycles. The minimum atomic E-state index is -0.0851. The molecule has 128 valence electrons. The van der Waals surface area contributed by atoms with E-state index < -0.39 is 0 Å². The normalized spacial score (nSPS) is 22.8. The van der Waals surface area contributed by atoms with E-state index in [1.165, 1.54) is 32.1 Å². The lowest BCUT2D eigenvalue weighted by Crippen LogP contribution is -2.36. The fourth-order valence-corrected chi connectivity index (χ4v) is 4.64. The Hall–Kier alpha value is -1.66. The second-order valence-corrected chi connectivity index (χ2v) is 7.68. The van der Waals surface area contributed by atoms with Crippen molar-refractivity contribution in [3.05, 3.63) is 28.6 Å². The Morgan fingerprint density at radius 2 is 2.25 bits per heavy atom. The molecule has 2 aromatic heterocycles. The van der Waals surface area contributed by atoms with Crippen molar-refractivity contribution < 1.29 is 9.53 Å². The third kappa shape index (κ3) is 3.13. The fourth-order valence-electron chi connectivity index (χ4n) is 3.99. The number of H-pyrrole nitrogens is 1. The molecule has 0 bridgehead atoms. The van der Waals surface area contributed by atoms with Gasteiger partial charge < -0.3 is 10.1 Å². The molecular formula is C18H23N3O2S. The van der Waals surface area contributed by atoms with Gasteiger partial charge in [0.1, 0.15) is 0 Å². The zero-order chi connectivity index (χ0) is 16.4. The molecule has 2 aromatic rings. The average Bonchev–Trinajstić information content (AvgIpc) is 3.34. The molecule has 2 N–H and O–H groups in total. The maximum Gasteiger partial charge on any atom is 0.255 e. The molecule has 1 saturated heterocycles. The monoisotopic (exact) mass is 345 g/mol. The summed E-state index contributed by atoms with van der Waals surface area (Å²) in [6.45, 7) is 0.578. The van der Waals surface area contributed by atoms with Gasteiger partial charge in [-0.25, -0.2) is 0 Å². The second kappa shape index (κ2) is 6.69. The van der Waals surface area contributed by atoms with Crippen LogP contribution in [0, 0.1) is 0 Å². The van der Waals surface area contributed by atoms with Crippen LogP contribution >= 0.6 is 11.3 Å². The van der Waals surface area contributed by atoms with Gasteiger partial charge in [-0.1, -0.05) is 19.3 Å². The van der Waals surface area contributed by atoms with Gasteiger partial charge >= 0.3 is 0 Å². The highest BCUT2D eigenvalue weighted by molar-refractivity contribution is 7.08. The van der Waals surface area contributed by atoms with Crippen LogP contribution < -0.4 is 5.32 Å². The van der Waals surface area contributed by atoms with Crippen LogP contribution in [0.25, 0.3) is 11.3 Å². The molecule has 6 heteroatoms. The van der Waals surface area contributed by atoms with Gasteiger partial charge in [-0.15, -0.1) is 0 Å². The molecule has 1 aliphatic heterocycles. The zero-order valence-electron chi connectivity index (χ0n) is 13.7. The third-order valence-electron chi connectivity index (χ3n) is 5.29. The van der Waals surface area contributed by atoms with Crippen LogP contribution in [0.5, 0.6) is 0 Å². The van der Waals surface area contributed by atoms with E-state index in [4.69, 9.17) is 4.74 Å². The summed E-state index contributed by atoms with van der Waals surface area (Å²) >= 11 is 1.60. The highest BCUT2D eigenvalue weighted by Crippen LogP contribution is 2.41. The Kier molecular flexibility index (Phi) is 4.41. The minimum Gasteiger partial charge on any atom is -0.370 e. The number of rotatable bonds is 4. The molecule has 2 fully saturated rings. The lowest BCUT2D eigenvalue weighted by Gasteiger charge is -2.33. The van der Waals surface area contributed by atoms with Crippen molar-refractivity contribution in [1.29, 1.82) is 0 Å². The van der Waals surface area contributed by atoms with Crippen molar-refractivity contribution in [3.63, 3.8) is 0 Å². The number of amides is 1. The zero-order valence-corrected chi connectivity index (χ0v) is 14.5. The van der Waals surface area contributed by atoms with E-state index in [0.29, 0.717) is 12.1 Å². The summed E-state index contributed by atoms with van der Waals surface area (Å²) in [5.74, 6) is -0.0851. The van der Waals surface area contributed by atoms with Gasteiger partial charge in [0.2, 0.25) is 0 Å². The number of thiophene rings is 1. The SMILES string of the molecule is O=C(NCC1CCC2(CCCCC2)O1)c1cn[nH]c1-c1ccsc1. The lowest BCUT2D eigenvalue weighted by molar-refractivity contribution is -0.0618. The summed E-state index contributed by atoms with van der Waals surface area (Å²) in [7, 11) is 0. The standard InChI is InChI=1S/C18H23N3O2S/c22-17(15-11-20-21-16(15)13-5-9-24-12-13)19-10-14-4-8-18(23-14)6-2-1-3-7-18/h5,9,11-12,14H,1-4,6-8,10H2,(H,19,22)(H,20,21). The van der Waals surface area contributed by atoms with Gasteiger partial charge in [0, 0.05) is 17.5 Å². The third-order valence-corrected chi connectivity index (χ3v) is 5.97. The van der Waals surface area contributed by atoms with Crippen molar-refractivity contribution in [2.75, 3.05) is 6.54 Å². The average molecular weight is 345 g/mol. The Bertz CT molecular complexity index is 689. The van der Waals surface area contributed by atoms with Crippen molar-refractivity contribution >= 4 is 17.2 Å². The summed E-state index contributed by atoms with van der Waals surface area (Å²) in [6, 6.07) is 1.99. The van der Waals surface area contributed by atoms with E-state index in [0.717, 1.165) is 24.1 Å². The number of nitrogens with zero attached hydrogens (tertiary/aromatic N) is 1. The van der Waals surface area contributed by atoms with Gasteiger partial charge in [0.15, 0.2) is 0 Å². The van der Waals surface area contributed by atoms with E-state index in [2.05, 4.69) is 15.5 Å². The molecule has 2 aliphatic rings. The maximum atomic E-state index is 12.5. The molecule has 1 spiro atoms. The summed E-state index contributed by atoms with van der Waals surface area (Å²) in [5, 5.41) is 14.0. The maximum absolute atomic E-state index is 12.5. The van der Waals surface area contributed by atoms with Gasteiger partial charge in [-0.2, -0.15) is 16.4 Å². The molecule has 4 rings (SSSR count). The largest absolute Gasteiger partial charge is 0.370 e. The fraction of sp³-hybridized carbons (Fsp3) is 0.556. The number of hydrogen-bond donors (Lipinski definition) is 2. The lowest BCUT2D eigenvalue weighted by atomic mass is 9.83. The smallest absolute Gasteiger partial charge is 0.255 e. The first kappa shape index (κ1) is 15.8. The van der Waals surface area contributed by atoms with Gasteiger partial charge in [0.05, 0.1) is 29.2 Å². The summed E-state index contributed by atoms with van der Waals surface area (Å²) in [5.41, 5.74) is 2.48. The summed E-state index contributed by atoms with van der Waals surface area (Å²) < 4.78 is 6.32. The first-order valence-corrected chi connectivity index (χ1v) is 9.72. The number of ether oxygens (including phenoxy) is 1. The molecule has 1 saturated carbocycles. The number of aromatic nitrogens is 2. The van der Waals surface area contributed by atoms with Crippen LogP contribution in [0.1, 0.15) is 55.3 Å². The Morgan fingerprint density at radius 3 is 3.04 bits per heavy atom. The van der Waals surface area contributed by atoms with Gasteiger partial charge in [0.25, 0.3) is 5.91 Å². The van der Waals surface area contributed by atoms with Crippen molar-refractivity contribution in [2.45, 2.75) is 56.7 Å². The molecule has 5 nitrogen and oxygen atoms in total. The Labute approximate surface area is 145 Å². The van der Waals surface area contributed by atoms with Gasteiger partial charge in [-0.3, -0.25) is 9.89 Å². The summed E-state index contributed by atoms with van der Waals surface area (Å²) in [4.78, 5) is 12.5.